The fraction of sp³-hybridized carbons (Fsp3) is 0.304. The highest BCUT2D eigenvalue weighted by molar-refractivity contribution is 7.13. The standard InChI is InChI=1S/C23H26ClN3OS/c1-23(2,3)20-15-29-22(26-20)27(4)14-16-8-10-18(11-9-16)21(28)25-13-17-6-5-7-19(24)12-17/h5-12,15H,13-14H2,1-4H3,(H,25,28). The molecule has 0 aliphatic rings. The van der Waals surface area contributed by atoms with Crippen molar-refractivity contribution in [3.63, 3.8) is 0 Å². The van der Waals surface area contributed by atoms with Crippen molar-refractivity contribution in [1.29, 1.82) is 0 Å². The molecular weight excluding hydrogens is 402 g/mol. The van der Waals surface area contributed by atoms with Crippen molar-refractivity contribution in [2.24, 2.45) is 0 Å². The van der Waals surface area contributed by atoms with E-state index in [1.807, 2.05) is 55.6 Å². The molecule has 0 unspecified atom stereocenters. The van der Waals surface area contributed by atoms with Crippen molar-refractivity contribution >= 4 is 34.0 Å². The van der Waals surface area contributed by atoms with Gasteiger partial charge in [0.1, 0.15) is 0 Å². The molecule has 1 N–H and O–H groups in total. The van der Waals surface area contributed by atoms with Crippen LogP contribution in [-0.4, -0.2) is 17.9 Å². The number of hydrogen-bond acceptors (Lipinski definition) is 4. The quantitative estimate of drug-likeness (QED) is 0.552. The van der Waals surface area contributed by atoms with Gasteiger partial charge in [-0.1, -0.05) is 56.6 Å². The van der Waals surface area contributed by atoms with E-state index in [2.05, 4.69) is 36.4 Å². The summed E-state index contributed by atoms with van der Waals surface area (Å²) in [5.41, 5.74) is 3.91. The molecule has 0 bridgehead atoms. The molecule has 0 aliphatic carbocycles. The van der Waals surface area contributed by atoms with Crippen molar-refractivity contribution in [2.45, 2.75) is 39.3 Å². The molecule has 1 amide bonds. The van der Waals surface area contributed by atoms with E-state index < -0.39 is 0 Å². The summed E-state index contributed by atoms with van der Waals surface area (Å²) in [6.45, 7) is 7.69. The molecule has 0 fully saturated rings. The summed E-state index contributed by atoms with van der Waals surface area (Å²) in [4.78, 5) is 19.3. The van der Waals surface area contributed by atoms with Crippen LogP contribution in [0.1, 0.15) is 48.0 Å². The number of aromatic nitrogens is 1. The number of carbonyl (C=O) groups is 1. The molecule has 29 heavy (non-hydrogen) atoms. The van der Waals surface area contributed by atoms with Crippen molar-refractivity contribution < 1.29 is 4.79 Å². The number of hydrogen-bond donors (Lipinski definition) is 1. The van der Waals surface area contributed by atoms with Crippen molar-refractivity contribution in [3.05, 3.63) is 81.3 Å². The molecule has 3 aromatic rings. The second-order valence-electron chi connectivity index (χ2n) is 8.13. The molecule has 0 radical (unpaired) electrons. The molecule has 1 heterocycles. The second kappa shape index (κ2) is 8.97. The van der Waals surface area contributed by atoms with Gasteiger partial charge in [0.2, 0.25) is 0 Å². The van der Waals surface area contributed by atoms with E-state index in [1.165, 1.54) is 0 Å². The van der Waals surface area contributed by atoms with Crippen LogP contribution >= 0.6 is 22.9 Å². The number of carbonyl (C=O) groups excluding carboxylic acids is 1. The van der Waals surface area contributed by atoms with Crippen molar-refractivity contribution in [3.8, 4) is 0 Å². The Balaban J connectivity index is 1.58. The summed E-state index contributed by atoms with van der Waals surface area (Å²) in [7, 11) is 2.04. The van der Waals surface area contributed by atoms with E-state index in [9.17, 15) is 4.79 Å². The lowest BCUT2D eigenvalue weighted by Gasteiger charge is -2.17. The van der Waals surface area contributed by atoms with Gasteiger partial charge >= 0.3 is 0 Å². The SMILES string of the molecule is CN(Cc1ccc(C(=O)NCc2cccc(Cl)c2)cc1)c1nc(C(C)(C)C)cs1. The molecule has 1 aromatic heterocycles. The zero-order valence-corrected chi connectivity index (χ0v) is 18.8. The minimum absolute atomic E-state index is 0.0513. The van der Waals surface area contributed by atoms with E-state index in [0.29, 0.717) is 17.1 Å². The summed E-state index contributed by atoms with van der Waals surface area (Å²) < 4.78 is 0. The van der Waals surface area contributed by atoms with E-state index in [4.69, 9.17) is 16.6 Å². The third kappa shape index (κ3) is 5.81. The fourth-order valence-electron chi connectivity index (χ4n) is 2.82. The first-order chi connectivity index (χ1) is 13.7. The van der Waals surface area contributed by atoms with E-state index in [1.54, 1.807) is 11.3 Å². The number of halogens is 1. The number of nitrogens with one attached hydrogen (secondary N) is 1. The van der Waals surface area contributed by atoms with Gasteiger partial charge in [-0.3, -0.25) is 4.79 Å². The summed E-state index contributed by atoms with van der Waals surface area (Å²) in [6, 6.07) is 15.2. The van der Waals surface area contributed by atoms with Crippen LogP contribution in [0.2, 0.25) is 5.02 Å². The van der Waals surface area contributed by atoms with E-state index >= 15 is 0 Å². The summed E-state index contributed by atoms with van der Waals surface area (Å²) in [6.07, 6.45) is 0. The van der Waals surface area contributed by atoms with Gasteiger partial charge in [0.25, 0.3) is 5.91 Å². The topological polar surface area (TPSA) is 45.2 Å². The molecule has 0 aliphatic heterocycles. The van der Waals surface area contributed by atoms with Gasteiger partial charge < -0.3 is 10.2 Å². The largest absolute Gasteiger partial charge is 0.348 e. The summed E-state index contributed by atoms with van der Waals surface area (Å²) in [5.74, 6) is -0.0976. The van der Waals surface area contributed by atoms with Gasteiger partial charge in [-0.25, -0.2) is 4.98 Å². The Bertz CT molecular complexity index is 976. The first kappa shape index (κ1) is 21.3. The Hall–Kier alpha value is -2.37. The molecule has 2 aromatic carbocycles. The number of amides is 1. The molecular formula is C23H26ClN3OS. The smallest absolute Gasteiger partial charge is 0.251 e. The predicted octanol–water partition coefficient (Wildman–Crippen LogP) is 5.66. The maximum absolute atomic E-state index is 12.4. The van der Waals surface area contributed by atoms with Crippen LogP contribution in [0.15, 0.2) is 53.9 Å². The molecule has 3 rings (SSSR count). The average molecular weight is 428 g/mol. The lowest BCUT2D eigenvalue weighted by molar-refractivity contribution is 0.0951. The van der Waals surface area contributed by atoms with Crippen molar-refractivity contribution in [2.75, 3.05) is 11.9 Å². The Morgan fingerprint density at radius 1 is 1.14 bits per heavy atom. The molecule has 0 spiro atoms. The molecule has 0 saturated carbocycles. The first-order valence-corrected chi connectivity index (χ1v) is 10.8. The lowest BCUT2D eigenvalue weighted by atomic mass is 9.93. The molecule has 4 nitrogen and oxygen atoms in total. The zero-order valence-electron chi connectivity index (χ0n) is 17.2. The highest BCUT2D eigenvalue weighted by atomic mass is 35.5. The number of rotatable bonds is 6. The van der Waals surface area contributed by atoms with Gasteiger partial charge in [-0.2, -0.15) is 0 Å². The molecule has 0 atom stereocenters. The number of anilines is 1. The van der Waals surface area contributed by atoms with Gasteiger partial charge in [-0.15, -0.1) is 11.3 Å². The highest BCUT2D eigenvalue weighted by Crippen LogP contribution is 2.28. The van der Waals surface area contributed by atoms with Crippen LogP contribution < -0.4 is 10.2 Å². The first-order valence-electron chi connectivity index (χ1n) is 9.51. The van der Waals surface area contributed by atoms with E-state index in [-0.39, 0.29) is 11.3 Å². The molecule has 6 heteroatoms. The monoisotopic (exact) mass is 427 g/mol. The number of thiazole rings is 1. The van der Waals surface area contributed by atoms with E-state index in [0.717, 1.165) is 28.5 Å². The van der Waals surface area contributed by atoms with Gasteiger partial charge in [0, 0.05) is 41.5 Å². The Kier molecular flexibility index (Phi) is 6.60. The normalized spacial score (nSPS) is 11.3. The van der Waals surface area contributed by atoms with Crippen LogP contribution in [0.5, 0.6) is 0 Å². The van der Waals surface area contributed by atoms with Gasteiger partial charge in [0.15, 0.2) is 5.13 Å². The van der Waals surface area contributed by atoms with Crippen LogP contribution in [-0.2, 0) is 18.5 Å². The third-order valence-corrected chi connectivity index (χ3v) is 5.75. The van der Waals surface area contributed by atoms with Crippen LogP contribution in [0, 0.1) is 0 Å². The third-order valence-electron chi connectivity index (χ3n) is 4.56. The Morgan fingerprint density at radius 3 is 2.48 bits per heavy atom. The average Bonchev–Trinajstić information content (AvgIpc) is 3.18. The Labute approximate surface area is 181 Å². The minimum Gasteiger partial charge on any atom is -0.348 e. The minimum atomic E-state index is -0.0976. The zero-order chi connectivity index (χ0) is 21.0. The van der Waals surface area contributed by atoms with Crippen LogP contribution in [0.3, 0.4) is 0 Å². The van der Waals surface area contributed by atoms with Gasteiger partial charge in [-0.05, 0) is 35.4 Å². The lowest BCUT2D eigenvalue weighted by Crippen LogP contribution is -2.23. The Morgan fingerprint density at radius 2 is 1.86 bits per heavy atom. The van der Waals surface area contributed by atoms with Crippen LogP contribution in [0.4, 0.5) is 5.13 Å². The number of nitrogens with zero attached hydrogens (tertiary/aromatic N) is 2. The highest BCUT2D eigenvalue weighted by Gasteiger charge is 2.18. The summed E-state index contributed by atoms with van der Waals surface area (Å²) in [5, 5.41) is 6.72. The summed E-state index contributed by atoms with van der Waals surface area (Å²) >= 11 is 7.64. The predicted molar refractivity (Wildman–Crippen MR) is 122 cm³/mol. The van der Waals surface area contributed by atoms with Crippen molar-refractivity contribution in [1.82, 2.24) is 10.3 Å². The second-order valence-corrected chi connectivity index (χ2v) is 9.40. The maximum Gasteiger partial charge on any atom is 0.251 e. The molecule has 152 valence electrons. The number of benzene rings is 2. The molecule has 0 saturated heterocycles. The van der Waals surface area contributed by atoms with Crippen LogP contribution in [0.25, 0.3) is 0 Å². The fourth-order valence-corrected chi connectivity index (χ4v) is 4.05. The van der Waals surface area contributed by atoms with Gasteiger partial charge in [0.05, 0.1) is 5.69 Å². The maximum atomic E-state index is 12.4.